The zero-order valence-electron chi connectivity index (χ0n) is 72.5. The van der Waals surface area contributed by atoms with E-state index in [1.54, 1.807) is 6.07 Å². The van der Waals surface area contributed by atoms with Crippen molar-refractivity contribution < 1.29 is 80.7 Å². The van der Waals surface area contributed by atoms with Gasteiger partial charge in [0.2, 0.25) is 0 Å². The number of pyridine rings is 3. The Bertz CT molecular complexity index is 5350. The third-order valence-electron chi connectivity index (χ3n) is 8.32. The van der Waals surface area contributed by atoms with Crippen LogP contribution in [0.5, 0.6) is 0 Å². The molecule has 6 heteroatoms. The summed E-state index contributed by atoms with van der Waals surface area (Å²) in [4.78, 5) is 11.4. The van der Waals surface area contributed by atoms with Gasteiger partial charge in [-0.2, -0.15) is 5.26 Å². The van der Waals surface area contributed by atoms with E-state index in [9.17, 15) is 29.9 Å². The molecule has 308 valence electrons. The van der Waals surface area contributed by atoms with Gasteiger partial charge in [0.05, 0.1) is 43.3 Å². The molecule has 6 aromatic carbocycles. The fourth-order valence-electron chi connectivity index (χ4n) is 5.57. The molecule has 0 spiro atoms. The van der Waals surface area contributed by atoms with E-state index in [0.717, 1.165) is 0 Å². The van der Waals surface area contributed by atoms with Gasteiger partial charge in [0, 0.05) is 52.8 Å². The van der Waals surface area contributed by atoms with Gasteiger partial charge >= 0.3 is 20.1 Å². The number of fused-ring (bicyclic) bond motifs is 3. The van der Waals surface area contributed by atoms with E-state index >= 15 is 0 Å². The van der Waals surface area contributed by atoms with E-state index in [2.05, 4.69) is 33.2 Å². The predicted molar refractivity (Wildman–Crippen MR) is 252 cm³/mol. The third kappa shape index (κ3) is 9.24. The van der Waals surface area contributed by atoms with E-state index < -0.39 is 320 Å². The van der Waals surface area contributed by atoms with E-state index in [4.69, 9.17) is 35.9 Å². The molecule has 0 aliphatic carbocycles. The van der Waals surface area contributed by atoms with Gasteiger partial charge in [-0.05, 0) is 107 Å². The summed E-state index contributed by atoms with van der Waals surface area (Å²) in [6, 6.07) is -21.8. The molecule has 0 saturated carbocycles. The minimum Gasteiger partial charge on any atom is -0.500 e. The molecule has 0 unspecified atom stereocenters. The summed E-state index contributed by atoms with van der Waals surface area (Å²) in [6.07, 6.45) is -31.1. The fourth-order valence-corrected chi connectivity index (χ4v) is 5.57. The fraction of sp³-hybridized carbons (Fsp3) is 0.103. The van der Waals surface area contributed by atoms with Crippen LogP contribution in [0.4, 0.5) is 0 Å². The molecule has 4 aromatic heterocycles. The van der Waals surface area contributed by atoms with Crippen LogP contribution in [0, 0.1) is 29.5 Å². The molecule has 0 radical (unpaired) electrons. The Balaban J connectivity index is 0.0000128. The predicted octanol–water partition coefficient (Wildman–Crippen LogP) is 13.1. The van der Waals surface area contributed by atoms with E-state index in [1.807, 2.05) is 0 Å². The van der Waals surface area contributed by atoms with Crippen LogP contribution in [0.3, 0.4) is 0 Å². The maximum absolute atomic E-state index is 10.4. The number of hydrogen-bond acceptors (Lipinski definition) is 5. The quantitative estimate of drug-likeness (QED) is 0.108. The van der Waals surface area contributed by atoms with Gasteiger partial charge < -0.3 is 19.4 Å². The minimum atomic E-state index is -4.53. The van der Waals surface area contributed by atoms with Crippen LogP contribution in [-0.4, -0.2) is 15.0 Å². The minimum absolute atomic E-state index is 0. The largest absolute Gasteiger partial charge is 3.00 e. The summed E-state index contributed by atoms with van der Waals surface area (Å²) in [5.74, 6) is 0. The molecule has 0 aliphatic rings. The number of nitrogens with zero attached hydrogens (tertiary/aromatic N) is 4. The van der Waals surface area contributed by atoms with Gasteiger partial charge in [0.25, 0.3) is 0 Å². The van der Waals surface area contributed by atoms with Crippen LogP contribution in [0.1, 0.15) is 95.1 Å². The second kappa shape index (κ2) is 19.4. The zero-order chi connectivity index (χ0) is 78.4. The second-order valence-corrected chi connectivity index (χ2v) is 12.2. The van der Waals surface area contributed by atoms with Gasteiger partial charge in [0.15, 0.2) is 0 Å². The number of aromatic nitrogens is 3. The maximum Gasteiger partial charge on any atom is 3.00 e. The number of rotatable bonds is 13. The first-order chi connectivity index (χ1) is 47.7. The van der Waals surface area contributed by atoms with Gasteiger partial charge in [-0.3, -0.25) is 0 Å². The van der Waals surface area contributed by atoms with Gasteiger partial charge in [-0.25, -0.2) is 0 Å². The average molecular weight is 1040 g/mol. The summed E-state index contributed by atoms with van der Waals surface area (Å²) in [7, 11) is 0. The van der Waals surface area contributed by atoms with Crippen molar-refractivity contribution in [2.75, 3.05) is 0 Å². The molecular formula is C58H41IrN4O. The van der Waals surface area contributed by atoms with Crippen molar-refractivity contribution in [1.29, 1.82) is 5.26 Å². The molecular weight excluding hydrogens is 961 g/mol. The van der Waals surface area contributed by atoms with Crippen LogP contribution in [0.2, 0.25) is 0 Å². The smallest absolute Gasteiger partial charge is 0.500 e. The molecule has 0 atom stereocenters. The Morgan fingerprint density at radius 2 is 1.00 bits per heavy atom. The first-order valence-electron chi connectivity index (χ1n) is 38.2. The number of furan rings is 1. The topological polar surface area (TPSA) is 75.6 Å². The first-order valence-corrected chi connectivity index (χ1v) is 17.7. The molecule has 0 bridgehead atoms. The normalized spacial score (nSPS) is 21.5. The van der Waals surface area contributed by atoms with Gasteiger partial charge in [-0.15, -0.1) is 89.8 Å². The number of hydrogen-bond donors (Lipinski definition) is 0. The van der Waals surface area contributed by atoms with Gasteiger partial charge in [0.1, 0.15) is 5.58 Å². The number of nitriles is 1. The second-order valence-electron chi connectivity index (χ2n) is 12.2. The molecule has 0 aliphatic heterocycles. The Kier molecular flexibility index (Phi) is 4.77. The molecule has 5 nitrogen and oxygen atoms in total. The molecule has 10 aromatic rings. The summed E-state index contributed by atoms with van der Waals surface area (Å²) in [5, 5.41) is 9.13. The van der Waals surface area contributed by atoms with E-state index in [-0.39, 0.29) is 20.1 Å². The number of benzene rings is 6. The molecule has 10 rings (SSSR count). The summed E-state index contributed by atoms with van der Waals surface area (Å²) >= 11 is 0. The van der Waals surface area contributed by atoms with Crippen molar-refractivity contribution >= 4 is 21.9 Å². The van der Waals surface area contributed by atoms with Crippen LogP contribution in [0.25, 0.3) is 66.8 Å². The van der Waals surface area contributed by atoms with Crippen molar-refractivity contribution in [3.63, 3.8) is 0 Å². The Labute approximate surface area is 445 Å². The van der Waals surface area contributed by atoms with E-state index in [1.165, 1.54) is 0 Å². The van der Waals surface area contributed by atoms with Crippen molar-refractivity contribution in [3.8, 4) is 51.0 Å². The van der Waals surface area contributed by atoms with Crippen molar-refractivity contribution in [1.82, 2.24) is 15.0 Å². The van der Waals surface area contributed by atoms with E-state index in [0.29, 0.717) is 0 Å². The zero-order valence-corrected chi connectivity index (χ0v) is 33.9. The third-order valence-corrected chi connectivity index (χ3v) is 8.32. The Hall–Kier alpha value is -7.29. The molecule has 0 N–H and O–H groups in total. The SMILES string of the molecule is [2H]c1[c-]c(-c2nc([2H])c(C([2H])([2H])C([2H])([2H])c3c([2H])c(C([2H])([2H])C([2H])([2H])c4c([2H])nc(-c5[c-]c([2H])c([2H])c([2H])c5[2H])c([2H])c4[2H])c([2H])c(C([2H])([2H])C([2H])([2H])c4c([2H])nc(-c5[c-]c([2H])c([2H])c6c5oc5c(-c7c([2H])c([2H])c([2H])c([2H])c7[2H])c(C#N)c([2H])c([2H])c56)c([2H])c4[2H])c3[2H])c([2H])c2[2H])c([2H])c([2H])c1[2H].[Ir+3]. The average Bonchev–Trinajstić information content (AvgIpc) is 0.908. The summed E-state index contributed by atoms with van der Waals surface area (Å²) < 4.78 is 373. The van der Waals surface area contributed by atoms with Crippen LogP contribution >= 0.6 is 0 Å². The van der Waals surface area contributed by atoms with Gasteiger partial charge in [-0.1, -0.05) is 102 Å². The molecule has 64 heavy (non-hydrogen) atoms. The van der Waals surface area contributed by atoms with Crippen LogP contribution in [-0.2, 0) is 58.3 Å². The Morgan fingerprint density at radius 3 is 1.56 bits per heavy atom. The van der Waals surface area contributed by atoms with Crippen molar-refractivity contribution in [2.24, 2.45) is 0 Å². The monoisotopic (exact) mass is 1040 g/mol. The Morgan fingerprint density at radius 1 is 0.500 bits per heavy atom. The van der Waals surface area contributed by atoms with Crippen molar-refractivity contribution in [2.45, 2.75) is 38.2 Å². The maximum atomic E-state index is 10.4. The van der Waals surface area contributed by atoms with Crippen LogP contribution < -0.4 is 0 Å². The standard InChI is InChI=1S/C58H41N4O.Ir/c59-36-49-28-29-51-50-17-10-18-52(57(50)63-58(51)56(49)48-15-8-3-9-16-48)55-32-27-42(39-62-55)21-24-45-34-43(22-19-40-25-30-53(60-37-40)46-11-4-1-5-12-46)33-44(35-45)23-20-41-26-31-54(61-38-41)47-13-6-2-7-14-47;/h1-11,13,15-17,25-35,37-39H,19-24H2;/q-3;+3/i1D,2D,3D,4D,5D,6D,7D,8D,9D,10D,11D,13D,15D,16D,17D,19D2,20D2,21D2,22D2,23D2,24D2,25D,26D,27D,28D,29D,30D,31D,32D,33D,34D,35D,37D,38D,39D;. The molecule has 0 fully saturated rings. The summed E-state index contributed by atoms with van der Waals surface area (Å²) in [5.41, 5.74) is -20.0. The van der Waals surface area contributed by atoms with Crippen molar-refractivity contribution in [3.05, 3.63) is 233 Å². The molecule has 0 amide bonds. The molecule has 0 saturated heterocycles. The summed E-state index contributed by atoms with van der Waals surface area (Å²) in [6.45, 7) is 0. The molecule has 4 heterocycles. The van der Waals surface area contributed by atoms with Crippen LogP contribution in [0.15, 0.2) is 180 Å². The first kappa shape index (κ1) is 15.8.